The first-order chi connectivity index (χ1) is 10.1. The zero-order valence-electron chi connectivity index (χ0n) is 12.2. The molecule has 1 rings (SSSR count). The smallest absolute Gasteiger partial charge is 0.243 e. The number of halogens is 1. The Labute approximate surface area is 134 Å². The van der Waals surface area contributed by atoms with Crippen molar-refractivity contribution in [1.29, 1.82) is 0 Å². The molecule has 0 spiro atoms. The quantitative estimate of drug-likeness (QED) is 0.741. The summed E-state index contributed by atoms with van der Waals surface area (Å²) in [5.41, 5.74) is 5.02. The van der Waals surface area contributed by atoms with Crippen molar-refractivity contribution in [1.82, 2.24) is 9.62 Å². The van der Waals surface area contributed by atoms with Crippen LogP contribution in [0.2, 0.25) is 5.02 Å². The molecule has 22 heavy (non-hydrogen) atoms. The molecule has 2 amide bonds. The number of nitrogens with two attached hydrogens (primary N) is 1. The second kappa shape index (κ2) is 7.57. The maximum absolute atomic E-state index is 12.3. The first-order valence-electron chi connectivity index (χ1n) is 6.42. The molecule has 0 aliphatic heterocycles. The number of likely N-dealkylation sites (N-methyl/N-ethyl adjacent to an activating group) is 1. The van der Waals surface area contributed by atoms with Gasteiger partial charge < -0.3 is 11.1 Å². The van der Waals surface area contributed by atoms with E-state index in [4.69, 9.17) is 17.3 Å². The predicted octanol–water partition coefficient (Wildman–Crippen LogP) is 0.341. The van der Waals surface area contributed by atoms with Crippen LogP contribution in [0.1, 0.15) is 13.3 Å². The van der Waals surface area contributed by atoms with Crippen molar-refractivity contribution in [3.63, 3.8) is 0 Å². The minimum absolute atomic E-state index is 0.0145. The molecule has 0 bridgehead atoms. The van der Waals surface area contributed by atoms with E-state index in [1.165, 1.54) is 31.3 Å². The van der Waals surface area contributed by atoms with E-state index in [0.29, 0.717) is 5.02 Å². The Morgan fingerprint density at radius 3 is 2.36 bits per heavy atom. The lowest BCUT2D eigenvalue weighted by atomic mass is 10.2. The van der Waals surface area contributed by atoms with Gasteiger partial charge in [0.2, 0.25) is 21.8 Å². The highest BCUT2D eigenvalue weighted by Gasteiger charge is 2.23. The largest absolute Gasteiger partial charge is 0.370 e. The lowest BCUT2D eigenvalue weighted by Crippen LogP contribution is -2.42. The van der Waals surface area contributed by atoms with E-state index in [-0.39, 0.29) is 17.9 Å². The number of hydrogen-bond acceptors (Lipinski definition) is 4. The van der Waals surface area contributed by atoms with Crippen LogP contribution in [0.25, 0.3) is 0 Å². The van der Waals surface area contributed by atoms with Crippen LogP contribution in [-0.4, -0.2) is 44.2 Å². The van der Waals surface area contributed by atoms with Gasteiger partial charge >= 0.3 is 0 Å². The normalized spacial score (nSPS) is 12.9. The van der Waals surface area contributed by atoms with Crippen molar-refractivity contribution in [2.45, 2.75) is 24.3 Å². The Kier molecular flexibility index (Phi) is 6.34. The van der Waals surface area contributed by atoms with Crippen LogP contribution in [0.4, 0.5) is 0 Å². The third-order valence-corrected chi connectivity index (χ3v) is 4.87. The minimum Gasteiger partial charge on any atom is -0.370 e. The van der Waals surface area contributed by atoms with E-state index in [0.717, 1.165) is 4.31 Å². The van der Waals surface area contributed by atoms with E-state index in [2.05, 4.69) is 5.32 Å². The Balaban J connectivity index is 2.71. The molecular formula is C13H18ClN3O4S. The van der Waals surface area contributed by atoms with Gasteiger partial charge in [0.25, 0.3) is 0 Å². The van der Waals surface area contributed by atoms with E-state index in [9.17, 15) is 18.0 Å². The maximum Gasteiger partial charge on any atom is 0.243 e. The molecule has 0 aliphatic rings. The van der Waals surface area contributed by atoms with Crippen LogP contribution in [0.5, 0.6) is 0 Å². The molecule has 122 valence electrons. The number of carbonyl (C=O) groups excluding carboxylic acids is 2. The van der Waals surface area contributed by atoms with E-state index < -0.39 is 27.9 Å². The molecule has 9 heteroatoms. The summed E-state index contributed by atoms with van der Waals surface area (Å²) in [5, 5.41) is 2.92. The Hall–Kier alpha value is -1.64. The Morgan fingerprint density at radius 2 is 1.86 bits per heavy atom. The summed E-state index contributed by atoms with van der Waals surface area (Å²) in [6, 6.07) is 5.18. The van der Waals surface area contributed by atoms with Gasteiger partial charge in [0.05, 0.1) is 11.4 Å². The summed E-state index contributed by atoms with van der Waals surface area (Å²) in [6.45, 7) is 1.24. The zero-order chi connectivity index (χ0) is 16.9. The van der Waals surface area contributed by atoms with Gasteiger partial charge in [0.15, 0.2) is 0 Å². The third kappa shape index (κ3) is 5.28. The number of carbonyl (C=O) groups is 2. The van der Waals surface area contributed by atoms with Gasteiger partial charge in [-0.05, 0) is 31.2 Å². The van der Waals surface area contributed by atoms with Crippen molar-refractivity contribution >= 4 is 33.4 Å². The molecule has 0 radical (unpaired) electrons. The summed E-state index contributed by atoms with van der Waals surface area (Å²) in [4.78, 5) is 22.6. The van der Waals surface area contributed by atoms with Crippen LogP contribution in [0.3, 0.4) is 0 Å². The summed E-state index contributed by atoms with van der Waals surface area (Å²) in [6.07, 6.45) is -0.0145. The number of nitrogens with zero attached hydrogens (tertiary/aromatic N) is 1. The van der Waals surface area contributed by atoms with Crippen LogP contribution in [-0.2, 0) is 19.6 Å². The van der Waals surface area contributed by atoms with Crippen molar-refractivity contribution in [3.05, 3.63) is 29.3 Å². The van der Waals surface area contributed by atoms with Crippen molar-refractivity contribution < 1.29 is 18.0 Å². The molecule has 1 aromatic carbocycles. The number of sulfonamides is 1. The maximum atomic E-state index is 12.3. The van der Waals surface area contributed by atoms with Crippen LogP contribution < -0.4 is 11.1 Å². The molecule has 0 saturated heterocycles. The van der Waals surface area contributed by atoms with Crippen LogP contribution in [0.15, 0.2) is 29.2 Å². The number of primary amides is 1. The van der Waals surface area contributed by atoms with E-state index in [1.54, 1.807) is 6.92 Å². The molecule has 3 N–H and O–H groups in total. The molecule has 0 saturated carbocycles. The first-order valence-corrected chi connectivity index (χ1v) is 8.24. The van der Waals surface area contributed by atoms with Gasteiger partial charge in [-0.3, -0.25) is 9.59 Å². The highest BCUT2D eigenvalue weighted by atomic mass is 35.5. The zero-order valence-corrected chi connectivity index (χ0v) is 13.8. The van der Waals surface area contributed by atoms with Gasteiger partial charge in [-0.15, -0.1) is 0 Å². The molecule has 1 atom stereocenters. The molecule has 0 heterocycles. The van der Waals surface area contributed by atoms with Crippen LogP contribution >= 0.6 is 11.6 Å². The fourth-order valence-electron chi connectivity index (χ4n) is 1.75. The summed E-state index contributed by atoms with van der Waals surface area (Å²) < 4.78 is 25.5. The average Bonchev–Trinajstić information content (AvgIpc) is 2.37. The second-order valence-electron chi connectivity index (χ2n) is 4.85. The highest BCUT2D eigenvalue weighted by Crippen LogP contribution is 2.17. The molecule has 7 nitrogen and oxygen atoms in total. The monoisotopic (exact) mass is 347 g/mol. The summed E-state index contributed by atoms with van der Waals surface area (Å²) in [7, 11) is -2.49. The number of amides is 2. The third-order valence-electron chi connectivity index (χ3n) is 2.80. The molecule has 1 aromatic rings. The number of rotatable bonds is 7. The fraction of sp³-hybridized carbons (Fsp3) is 0.385. The lowest BCUT2D eigenvalue weighted by Gasteiger charge is -2.18. The predicted molar refractivity (Wildman–Crippen MR) is 82.7 cm³/mol. The molecule has 0 fully saturated rings. The highest BCUT2D eigenvalue weighted by molar-refractivity contribution is 7.89. The fourth-order valence-corrected chi connectivity index (χ4v) is 3.00. The molecule has 0 aliphatic carbocycles. The Morgan fingerprint density at radius 1 is 1.32 bits per heavy atom. The van der Waals surface area contributed by atoms with Gasteiger partial charge in [0.1, 0.15) is 0 Å². The second-order valence-corrected chi connectivity index (χ2v) is 7.34. The molecule has 0 aromatic heterocycles. The van der Waals surface area contributed by atoms with E-state index >= 15 is 0 Å². The SMILES string of the molecule is C[C@H](CC(N)=O)NC(=O)CN(C)S(=O)(=O)c1ccc(Cl)cc1. The van der Waals surface area contributed by atoms with Crippen molar-refractivity contribution in [2.24, 2.45) is 5.73 Å². The molecule has 0 unspecified atom stereocenters. The number of nitrogens with one attached hydrogen (secondary N) is 1. The number of hydrogen-bond donors (Lipinski definition) is 2. The first kappa shape index (κ1) is 18.4. The number of benzene rings is 1. The average molecular weight is 348 g/mol. The minimum atomic E-state index is -3.79. The van der Waals surface area contributed by atoms with E-state index in [1.807, 2.05) is 0 Å². The van der Waals surface area contributed by atoms with Crippen molar-refractivity contribution in [2.75, 3.05) is 13.6 Å². The van der Waals surface area contributed by atoms with Gasteiger partial charge in [-0.2, -0.15) is 4.31 Å². The lowest BCUT2D eigenvalue weighted by molar-refractivity contribution is -0.122. The van der Waals surface area contributed by atoms with Crippen LogP contribution in [0, 0.1) is 0 Å². The topological polar surface area (TPSA) is 110 Å². The van der Waals surface area contributed by atoms with Crippen molar-refractivity contribution in [3.8, 4) is 0 Å². The van der Waals surface area contributed by atoms with Gasteiger partial charge in [0, 0.05) is 24.5 Å². The Bertz CT molecular complexity index is 646. The molecular weight excluding hydrogens is 330 g/mol. The van der Waals surface area contributed by atoms with Gasteiger partial charge in [-0.1, -0.05) is 11.6 Å². The van der Waals surface area contributed by atoms with Gasteiger partial charge in [-0.25, -0.2) is 8.42 Å². The standard InChI is InChI=1S/C13H18ClN3O4S/c1-9(7-12(15)18)16-13(19)8-17(2)22(20,21)11-5-3-10(14)4-6-11/h3-6,9H,7-8H2,1-2H3,(H2,15,18)(H,16,19)/t9-/m1/s1. The summed E-state index contributed by atoms with van der Waals surface area (Å²) >= 11 is 5.71. The summed E-state index contributed by atoms with van der Waals surface area (Å²) in [5.74, 6) is -1.07.